The molecule has 0 amide bonds. The fourth-order valence-corrected chi connectivity index (χ4v) is 3.30. The van der Waals surface area contributed by atoms with Gasteiger partial charge in [-0.3, -0.25) is 0 Å². The van der Waals surface area contributed by atoms with Crippen molar-refractivity contribution in [2.45, 2.75) is 31.6 Å². The second kappa shape index (κ2) is 6.47. The Bertz CT molecular complexity index is 337. The standard InChI is InChI=1S/C13H23N3S/c1-14-7-4-3-5-13-15-12(10-17-13)11-6-8-16(2)9-11/h10-11,14H,3-9H2,1-2H3. The van der Waals surface area contributed by atoms with Gasteiger partial charge in [0, 0.05) is 17.8 Å². The first-order valence-electron chi connectivity index (χ1n) is 6.57. The SMILES string of the molecule is CNCCCCc1nc(C2CCN(C)C2)cs1. The molecule has 2 heterocycles. The Labute approximate surface area is 108 Å². The molecule has 2 rings (SSSR count). The molecule has 96 valence electrons. The summed E-state index contributed by atoms with van der Waals surface area (Å²) >= 11 is 1.85. The summed E-state index contributed by atoms with van der Waals surface area (Å²) in [4.78, 5) is 7.20. The van der Waals surface area contributed by atoms with E-state index in [9.17, 15) is 0 Å². The zero-order chi connectivity index (χ0) is 12.1. The van der Waals surface area contributed by atoms with E-state index >= 15 is 0 Å². The molecule has 1 aromatic heterocycles. The topological polar surface area (TPSA) is 28.2 Å². The minimum absolute atomic E-state index is 0.683. The maximum atomic E-state index is 4.80. The van der Waals surface area contributed by atoms with Gasteiger partial charge in [0.1, 0.15) is 0 Å². The maximum Gasteiger partial charge on any atom is 0.0928 e. The lowest BCUT2D eigenvalue weighted by Crippen LogP contribution is -2.13. The van der Waals surface area contributed by atoms with Gasteiger partial charge in [-0.2, -0.15) is 0 Å². The number of likely N-dealkylation sites (N-methyl/N-ethyl adjacent to an activating group) is 1. The van der Waals surface area contributed by atoms with E-state index in [0.717, 1.165) is 13.0 Å². The Morgan fingerprint density at radius 2 is 2.41 bits per heavy atom. The fourth-order valence-electron chi connectivity index (χ4n) is 2.38. The van der Waals surface area contributed by atoms with Gasteiger partial charge >= 0.3 is 0 Å². The van der Waals surface area contributed by atoms with Crippen molar-refractivity contribution in [2.24, 2.45) is 0 Å². The monoisotopic (exact) mass is 253 g/mol. The van der Waals surface area contributed by atoms with Gasteiger partial charge in [0.05, 0.1) is 10.7 Å². The fraction of sp³-hybridized carbons (Fsp3) is 0.769. The number of hydrogen-bond acceptors (Lipinski definition) is 4. The molecule has 1 atom stereocenters. The lowest BCUT2D eigenvalue weighted by atomic mass is 10.1. The van der Waals surface area contributed by atoms with Crippen LogP contribution in [0.15, 0.2) is 5.38 Å². The van der Waals surface area contributed by atoms with E-state index in [1.54, 1.807) is 0 Å². The van der Waals surface area contributed by atoms with Crippen LogP contribution in [0.5, 0.6) is 0 Å². The van der Waals surface area contributed by atoms with Crippen molar-refractivity contribution >= 4 is 11.3 Å². The summed E-state index contributed by atoms with van der Waals surface area (Å²) in [7, 11) is 4.21. The molecule has 0 aliphatic carbocycles. The largest absolute Gasteiger partial charge is 0.320 e. The van der Waals surface area contributed by atoms with Crippen LogP contribution in [0.2, 0.25) is 0 Å². The first kappa shape index (κ1) is 13.0. The van der Waals surface area contributed by atoms with Gasteiger partial charge in [0.2, 0.25) is 0 Å². The van der Waals surface area contributed by atoms with E-state index in [1.807, 2.05) is 18.4 Å². The molecule has 1 unspecified atom stereocenters. The first-order valence-corrected chi connectivity index (χ1v) is 7.45. The highest BCUT2D eigenvalue weighted by Gasteiger charge is 2.23. The third kappa shape index (κ3) is 3.76. The molecule has 1 fully saturated rings. The van der Waals surface area contributed by atoms with Crippen LogP contribution in [0.25, 0.3) is 0 Å². The van der Waals surface area contributed by atoms with Gasteiger partial charge in [-0.1, -0.05) is 0 Å². The zero-order valence-corrected chi connectivity index (χ0v) is 11.7. The summed E-state index contributed by atoms with van der Waals surface area (Å²) < 4.78 is 0. The number of nitrogens with zero attached hydrogens (tertiary/aromatic N) is 2. The molecular formula is C13H23N3S. The van der Waals surface area contributed by atoms with Crippen LogP contribution >= 0.6 is 11.3 Å². The van der Waals surface area contributed by atoms with Crippen LogP contribution in [-0.4, -0.2) is 43.6 Å². The molecular weight excluding hydrogens is 230 g/mol. The van der Waals surface area contributed by atoms with Gasteiger partial charge in [0.25, 0.3) is 0 Å². The lowest BCUT2D eigenvalue weighted by molar-refractivity contribution is 0.411. The Hall–Kier alpha value is -0.450. The third-order valence-electron chi connectivity index (χ3n) is 3.45. The van der Waals surface area contributed by atoms with E-state index in [2.05, 4.69) is 22.6 Å². The number of unbranched alkanes of at least 4 members (excludes halogenated alkanes) is 1. The summed E-state index contributed by atoms with van der Waals surface area (Å²) in [6.07, 6.45) is 4.92. The predicted molar refractivity (Wildman–Crippen MR) is 73.8 cm³/mol. The van der Waals surface area contributed by atoms with Gasteiger partial charge in [0.15, 0.2) is 0 Å². The van der Waals surface area contributed by atoms with Crippen LogP contribution < -0.4 is 5.32 Å². The summed E-state index contributed by atoms with van der Waals surface area (Å²) in [5.74, 6) is 0.683. The molecule has 0 saturated carbocycles. The van der Waals surface area contributed by atoms with Crippen molar-refractivity contribution in [3.05, 3.63) is 16.1 Å². The van der Waals surface area contributed by atoms with Gasteiger partial charge < -0.3 is 10.2 Å². The predicted octanol–water partition coefficient (Wildman–Crippen LogP) is 2.10. The van der Waals surface area contributed by atoms with E-state index in [-0.39, 0.29) is 0 Å². The van der Waals surface area contributed by atoms with Crippen LogP contribution in [-0.2, 0) is 6.42 Å². The number of rotatable bonds is 6. The summed E-state index contributed by atoms with van der Waals surface area (Å²) in [5, 5.41) is 6.79. The molecule has 0 bridgehead atoms. The molecule has 0 radical (unpaired) electrons. The van der Waals surface area contributed by atoms with Crippen molar-refractivity contribution in [3.8, 4) is 0 Å². The highest BCUT2D eigenvalue weighted by molar-refractivity contribution is 7.09. The normalized spacial score (nSPS) is 21.2. The molecule has 4 heteroatoms. The Morgan fingerprint density at radius 3 is 3.12 bits per heavy atom. The number of aromatic nitrogens is 1. The van der Waals surface area contributed by atoms with Crippen molar-refractivity contribution in [1.82, 2.24) is 15.2 Å². The van der Waals surface area contributed by atoms with E-state index < -0.39 is 0 Å². The van der Waals surface area contributed by atoms with E-state index in [1.165, 1.54) is 43.1 Å². The molecule has 1 aliphatic rings. The average molecular weight is 253 g/mol. The quantitative estimate of drug-likeness (QED) is 0.787. The Kier molecular flexibility index (Phi) is 4.95. The molecule has 1 aromatic rings. The van der Waals surface area contributed by atoms with Crippen molar-refractivity contribution < 1.29 is 0 Å². The second-order valence-electron chi connectivity index (χ2n) is 4.97. The van der Waals surface area contributed by atoms with Crippen LogP contribution in [0.4, 0.5) is 0 Å². The van der Waals surface area contributed by atoms with Crippen molar-refractivity contribution in [2.75, 3.05) is 33.7 Å². The highest BCUT2D eigenvalue weighted by Crippen LogP contribution is 2.27. The maximum absolute atomic E-state index is 4.80. The third-order valence-corrected chi connectivity index (χ3v) is 4.37. The number of thiazole rings is 1. The molecule has 17 heavy (non-hydrogen) atoms. The number of likely N-dealkylation sites (tertiary alicyclic amines) is 1. The first-order chi connectivity index (χ1) is 8.29. The second-order valence-corrected chi connectivity index (χ2v) is 5.92. The van der Waals surface area contributed by atoms with Crippen LogP contribution in [0.1, 0.15) is 35.9 Å². The average Bonchev–Trinajstić information content (AvgIpc) is 2.93. The molecule has 1 aliphatic heterocycles. The Balaban J connectivity index is 1.79. The van der Waals surface area contributed by atoms with Gasteiger partial charge in [-0.25, -0.2) is 4.98 Å². The number of nitrogens with one attached hydrogen (secondary N) is 1. The Morgan fingerprint density at radius 1 is 1.53 bits per heavy atom. The van der Waals surface area contributed by atoms with E-state index in [4.69, 9.17) is 4.98 Å². The van der Waals surface area contributed by atoms with Gasteiger partial charge in [-0.15, -0.1) is 11.3 Å². The molecule has 0 aromatic carbocycles. The zero-order valence-electron chi connectivity index (χ0n) is 10.9. The highest BCUT2D eigenvalue weighted by atomic mass is 32.1. The minimum atomic E-state index is 0.683. The summed E-state index contributed by atoms with van der Waals surface area (Å²) in [6.45, 7) is 3.52. The van der Waals surface area contributed by atoms with Crippen LogP contribution in [0.3, 0.4) is 0 Å². The number of aryl methyl sites for hydroxylation is 1. The molecule has 1 N–H and O–H groups in total. The molecule has 3 nitrogen and oxygen atoms in total. The minimum Gasteiger partial charge on any atom is -0.320 e. The summed E-state index contributed by atoms with van der Waals surface area (Å²) in [6, 6.07) is 0. The van der Waals surface area contributed by atoms with Crippen LogP contribution in [0, 0.1) is 0 Å². The van der Waals surface area contributed by atoms with Crippen molar-refractivity contribution in [1.29, 1.82) is 0 Å². The smallest absolute Gasteiger partial charge is 0.0928 e. The molecule has 0 spiro atoms. The van der Waals surface area contributed by atoms with Gasteiger partial charge in [-0.05, 0) is 52.9 Å². The van der Waals surface area contributed by atoms with E-state index in [0.29, 0.717) is 5.92 Å². The number of hydrogen-bond donors (Lipinski definition) is 1. The lowest BCUT2D eigenvalue weighted by Gasteiger charge is -2.07. The summed E-state index contributed by atoms with van der Waals surface area (Å²) in [5.41, 5.74) is 1.34. The van der Waals surface area contributed by atoms with Crippen molar-refractivity contribution in [3.63, 3.8) is 0 Å². The molecule has 1 saturated heterocycles.